The first kappa shape index (κ1) is 12.7. The van der Waals surface area contributed by atoms with E-state index in [-0.39, 0.29) is 5.41 Å². The number of rotatable bonds is 3. The summed E-state index contributed by atoms with van der Waals surface area (Å²) in [5.41, 5.74) is 6.18. The molecule has 0 bridgehead atoms. The third kappa shape index (κ3) is 1.81. The molecule has 1 aliphatic heterocycles. The molecule has 0 unspecified atom stereocenters. The first-order valence-corrected chi connectivity index (χ1v) is 7.32. The molecule has 3 rings (SSSR count). The summed E-state index contributed by atoms with van der Waals surface area (Å²) in [4.78, 5) is 0. The quantitative estimate of drug-likeness (QED) is 0.890. The number of hydrogen-bond donors (Lipinski definition) is 1. The van der Waals surface area contributed by atoms with Crippen molar-refractivity contribution in [3.05, 3.63) is 35.0 Å². The van der Waals surface area contributed by atoms with E-state index in [1.165, 1.54) is 47.1 Å². The van der Waals surface area contributed by atoms with Crippen molar-refractivity contribution in [3.8, 4) is 0 Å². The maximum absolute atomic E-state index is 3.35. The van der Waals surface area contributed by atoms with Gasteiger partial charge in [0.15, 0.2) is 0 Å². The van der Waals surface area contributed by atoms with E-state index in [0.29, 0.717) is 0 Å². The van der Waals surface area contributed by atoms with Crippen LogP contribution in [-0.4, -0.2) is 18.2 Å². The van der Waals surface area contributed by atoms with Crippen LogP contribution in [0.15, 0.2) is 18.2 Å². The minimum atomic E-state index is 0.172. The van der Waals surface area contributed by atoms with Crippen molar-refractivity contribution in [2.24, 2.45) is 0 Å². The minimum Gasteiger partial charge on any atom is -0.344 e. The molecule has 0 radical (unpaired) electrons. The molecule has 0 atom stereocenters. The number of nitrogens with one attached hydrogen (secondary N) is 1. The molecule has 102 valence electrons. The Balaban J connectivity index is 2.32. The van der Waals surface area contributed by atoms with Gasteiger partial charge in [0.2, 0.25) is 0 Å². The monoisotopic (exact) mass is 256 g/mol. The van der Waals surface area contributed by atoms with E-state index in [0.717, 1.165) is 6.54 Å². The van der Waals surface area contributed by atoms with Crippen LogP contribution in [-0.2, 0) is 18.4 Å². The van der Waals surface area contributed by atoms with Gasteiger partial charge in [-0.2, -0.15) is 0 Å². The molecule has 2 heteroatoms. The summed E-state index contributed by atoms with van der Waals surface area (Å²) in [7, 11) is 2.04. The second-order valence-electron chi connectivity index (χ2n) is 6.44. The molecular formula is C17H24N2. The van der Waals surface area contributed by atoms with Gasteiger partial charge in [-0.1, -0.05) is 32.0 Å². The highest BCUT2D eigenvalue weighted by molar-refractivity contribution is 5.89. The predicted molar refractivity (Wildman–Crippen MR) is 81.9 cm³/mol. The predicted octanol–water partition coefficient (Wildman–Crippen LogP) is 3.39. The van der Waals surface area contributed by atoms with E-state index in [9.17, 15) is 0 Å². The molecule has 0 aliphatic carbocycles. The topological polar surface area (TPSA) is 17.0 Å². The molecule has 1 aromatic heterocycles. The Kier molecular flexibility index (Phi) is 2.94. The van der Waals surface area contributed by atoms with Crippen molar-refractivity contribution in [2.75, 3.05) is 13.6 Å². The van der Waals surface area contributed by atoms with Gasteiger partial charge in [0.1, 0.15) is 0 Å². The Morgan fingerprint density at radius 3 is 2.84 bits per heavy atom. The molecule has 2 heterocycles. The molecule has 2 aromatic rings. The average Bonchev–Trinajstić information content (AvgIpc) is 2.66. The Bertz CT molecular complexity index is 620. The third-order valence-corrected chi connectivity index (χ3v) is 4.55. The van der Waals surface area contributed by atoms with Crippen molar-refractivity contribution >= 4 is 10.9 Å². The lowest BCUT2D eigenvalue weighted by atomic mass is 9.82. The summed E-state index contributed by atoms with van der Waals surface area (Å²) in [6.07, 6.45) is 2.50. The van der Waals surface area contributed by atoms with Crippen LogP contribution in [0.5, 0.6) is 0 Å². The van der Waals surface area contributed by atoms with Gasteiger partial charge in [0.25, 0.3) is 0 Å². The highest BCUT2D eigenvalue weighted by atomic mass is 15.0. The molecule has 0 fully saturated rings. The molecule has 0 saturated heterocycles. The zero-order valence-corrected chi connectivity index (χ0v) is 12.5. The fourth-order valence-electron chi connectivity index (χ4n) is 3.90. The first-order valence-electron chi connectivity index (χ1n) is 7.32. The van der Waals surface area contributed by atoms with Crippen LogP contribution >= 0.6 is 0 Å². The van der Waals surface area contributed by atoms with Crippen LogP contribution in [0.3, 0.4) is 0 Å². The number of benzene rings is 1. The van der Waals surface area contributed by atoms with Gasteiger partial charge >= 0.3 is 0 Å². The number of aryl methyl sites for hydroxylation is 2. The van der Waals surface area contributed by atoms with E-state index in [2.05, 4.69) is 48.9 Å². The molecule has 0 amide bonds. The molecule has 1 aliphatic rings. The van der Waals surface area contributed by atoms with Crippen molar-refractivity contribution in [2.45, 2.75) is 45.6 Å². The van der Waals surface area contributed by atoms with Gasteiger partial charge < -0.3 is 9.88 Å². The number of para-hydroxylation sites is 1. The largest absolute Gasteiger partial charge is 0.344 e. The molecule has 1 aromatic carbocycles. The third-order valence-electron chi connectivity index (χ3n) is 4.55. The van der Waals surface area contributed by atoms with Gasteiger partial charge in [-0.05, 0) is 37.9 Å². The van der Waals surface area contributed by atoms with Crippen molar-refractivity contribution in [1.29, 1.82) is 0 Å². The summed E-state index contributed by atoms with van der Waals surface area (Å²) in [6, 6.07) is 6.83. The summed E-state index contributed by atoms with van der Waals surface area (Å²) >= 11 is 0. The van der Waals surface area contributed by atoms with Crippen molar-refractivity contribution < 1.29 is 0 Å². The van der Waals surface area contributed by atoms with Gasteiger partial charge in [-0.3, -0.25) is 0 Å². The van der Waals surface area contributed by atoms with Crippen LogP contribution in [0.25, 0.3) is 10.9 Å². The number of aromatic nitrogens is 1. The van der Waals surface area contributed by atoms with E-state index in [4.69, 9.17) is 0 Å². The van der Waals surface area contributed by atoms with Crippen LogP contribution < -0.4 is 5.32 Å². The number of hydrogen-bond acceptors (Lipinski definition) is 1. The van der Waals surface area contributed by atoms with Crippen LogP contribution in [0.4, 0.5) is 0 Å². The lowest BCUT2D eigenvalue weighted by Gasteiger charge is -2.25. The fourth-order valence-corrected chi connectivity index (χ4v) is 3.90. The molecule has 2 nitrogen and oxygen atoms in total. The van der Waals surface area contributed by atoms with Crippen LogP contribution in [0.1, 0.15) is 37.1 Å². The van der Waals surface area contributed by atoms with Gasteiger partial charge in [-0.25, -0.2) is 0 Å². The van der Waals surface area contributed by atoms with Gasteiger partial charge in [-0.15, -0.1) is 0 Å². The molecular weight excluding hydrogens is 232 g/mol. The average molecular weight is 256 g/mol. The second kappa shape index (κ2) is 4.38. The molecule has 0 spiro atoms. The lowest BCUT2D eigenvalue weighted by Crippen LogP contribution is -2.31. The minimum absolute atomic E-state index is 0.172. The summed E-state index contributed by atoms with van der Waals surface area (Å²) in [5, 5.41) is 4.81. The normalized spacial score (nSPS) is 15.2. The van der Waals surface area contributed by atoms with Gasteiger partial charge in [0.05, 0.1) is 5.52 Å². The van der Waals surface area contributed by atoms with Crippen LogP contribution in [0.2, 0.25) is 0 Å². The smallest absolute Gasteiger partial charge is 0.0518 e. The Labute approximate surface area is 115 Å². The zero-order chi connectivity index (χ0) is 13.6. The van der Waals surface area contributed by atoms with Crippen molar-refractivity contribution in [1.82, 2.24) is 9.88 Å². The molecule has 1 N–H and O–H groups in total. The molecule has 0 saturated carbocycles. The maximum Gasteiger partial charge on any atom is 0.0518 e. The van der Waals surface area contributed by atoms with Crippen molar-refractivity contribution in [3.63, 3.8) is 0 Å². The van der Waals surface area contributed by atoms with Gasteiger partial charge in [0, 0.05) is 29.6 Å². The Morgan fingerprint density at radius 1 is 1.32 bits per heavy atom. The Morgan fingerprint density at radius 2 is 2.11 bits per heavy atom. The number of likely N-dealkylation sites (N-methyl/N-ethyl adjacent to an activating group) is 1. The number of nitrogens with zero attached hydrogens (tertiary/aromatic N) is 1. The zero-order valence-electron chi connectivity index (χ0n) is 12.5. The van der Waals surface area contributed by atoms with E-state index in [1.54, 1.807) is 0 Å². The Hall–Kier alpha value is -1.28. The summed E-state index contributed by atoms with van der Waals surface area (Å²) in [6.45, 7) is 9.17. The fraction of sp³-hybridized carbons (Fsp3) is 0.529. The van der Waals surface area contributed by atoms with Crippen LogP contribution in [0, 0.1) is 6.92 Å². The highest BCUT2D eigenvalue weighted by Gasteiger charge is 2.29. The summed E-state index contributed by atoms with van der Waals surface area (Å²) in [5.74, 6) is 0. The standard InChI is InChI=1S/C17H24N2/c1-12-15(17(2,3)11-18-4)14-9-5-7-13-8-6-10-19(12)16(13)14/h5,7,9,18H,6,8,10-11H2,1-4H3. The second-order valence-corrected chi connectivity index (χ2v) is 6.44. The lowest BCUT2D eigenvalue weighted by molar-refractivity contribution is 0.491. The van der Waals surface area contributed by atoms with E-state index >= 15 is 0 Å². The summed E-state index contributed by atoms with van der Waals surface area (Å²) < 4.78 is 2.54. The highest BCUT2D eigenvalue weighted by Crippen LogP contribution is 2.38. The maximum atomic E-state index is 3.35. The van der Waals surface area contributed by atoms with E-state index in [1.807, 2.05) is 7.05 Å². The SMILES string of the molecule is CNCC(C)(C)c1c(C)n2c3c(cccc13)CCC2. The van der Waals surface area contributed by atoms with E-state index < -0.39 is 0 Å². The first-order chi connectivity index (χ1) is 9.06. The molecule has 19 heavy (non-hydrogen) atoms.